The highest BCUT2D eigenvalue weighted by Gasteiger charge is 2.36. The van der Waals surface area contributed by atoms with Crippen LogP contribution >= 0.6 is 0 Å². The summed E-state index contributed by atoms with van der Waals surface area (Å²) in [6.45, 7) is 4.94. The third-order valence-electron chi connectivity index (χ3n) is 4.67. The molecule has 1 amide bonds. The Kier molecular flexibility index (Phi) is 5.68. The number of carbonyl (C=O) groups excluding carboxylic acids is 1. The van der Waals surface area contributed by atoms with E-state index in [1.165, 1.54) is 30.3 Å². The lowest BCUT2D eigenvalue weighted by molar-refractivity contribution is -0.145. The number of hydrogen-bond acceptors (Lipinski definition) is 4. The normalized spacial score (nSPS) is 15.4. The van der Waals surface area contributed by atoms with Crippen LogP contribution in [0.4, 0.5) is 23.4 Å². The number of rotatable bonds is 4. The number of ether oxygens (including phenoxy) is 1. The minimum Gasteiger partial charge on any atom is -0.478 e. The van der Waals surface area contributed by atoms with Crippen molar-refractivity contribution in [2.45, 2.75) is 25.6 Å². The van der Waals surface area contributed by atoms with Gasteiger partial charge >= 0.3 is 6.18 Å². The predicted octanol–water partition coefficient (Wildman–Crippen LogP) is 3.75. The van der Waals surface area contributed by atoms with Crippen LogP contribution in [-0.2, 0) is 11.0 Å². The number of anilines is 1. The zero-order valence-corrected chi connectivity index (χ0v) is 16.0. The molecule has 0 unspecified atom stereocenters. The van der Waals surface area contributed by atoms with Gasteiger partial charge in [-0.1, -0.05) is 0 Å². The van der Waals surface area contributed by atoms with E-state index in [1.807, 2.05) is 4.90 Å². The number of pyridine rings is 1. The van der Waals surface area contributed by atoms with E-state index in [-0.39, 0.29) is 5.91 Å². The Morgan fingerprint density at radius 3 is 2.14 bits per heavy atom. The summed E-state index contributed by atoms with van der Waals surface area (Å²) in [5, 5.41) is 0. The summed E-state index contributed by atoms with van der Waals surface area (Å²) in [5.41, 5.74) is -1.94. The lowest BCUT2D eigenvalue weighted by Crippen LogP contribution is -2.56. The van der Waals surface area contributed by atoms with Crippen molar-refractivity contribution in [2.75, 3.05) is 31.1 Å². The van der Waals surface area contributed by atoms with Crippen LogP contribution in [0, 0.1) is 5.82 Å². The zero-order chi connectivity index (χ0) is 21.2. The highest BCUT2D eigenvalue weighted by molar-refractivity contribution is 5.85. The van der Waals surface area contributed by atoms with Crippen molar-refractivity contribution in [3.63, 3.8) is 0 Å². The smallest absolute Gasteiger partial charge is 0.417 e. The third-order valence-corrected chi connectivity index (χ3v) is 4.67. The SMILES string of the molecule is CC(C)(Oc1ccc(F)cc1)C(=O)N1CCN(c2ccc(C(F)(F)F)cn2)CC1. The number of benzene rings is 1. The molecule has 0 radical (unpaired) electrons. The largest absolute Gasteiger partial charge is 0.478 e. The molecule has 0 saturated carbocycles. The van der Waals surface area contributed by atoms with Gasteiger partial charge in [-0.15, -0.1) is 0 Å². The highest BCUT2D eigenvalue weighted by Crippen LogP contribution is 2.29. The molecule has 0 spiro atoms. The number of piperazine rings is 1. The molecule has 1 aliphatic heterocycles. The van der Waals surface area contributed by atoms with Crippen LogP contribution in [0.25, 0.3) is 0 Å². The first-order valence-corrected chi connectivity index (χ1v) is 9.08. The van der Waals surface area contributed by atoms with Crippen LogP contribution < -0.4 is 9.64 Å². The zero-order valence-electron chi connectivity index (χ0n) is 16.0. The van der Waals surface area contributed by atoms with Gasteiger partial charge in [0.25, 0.3) is 5.91 Å². The number of aromatic nitrogens is 1. The molecule has 0 bridgehead atoms. The summed E-state index contributed by atoms with van der Waals surface area (Å²) in [6.07, 6.45) is -3.61. The van der Waals surface area contributed by atoms with Crippen molar-refractivity contribution in [3.8, 4) is 5.75 Å². The lowest BCUT2D eigenvalue weighted by atomic mass is 10.1. The summed E-state index contributed by atoms with van der Waals surface area (Å²) < 4.78 is 56.8. The number of halogens is 4. The van der Waals surface area contributed by atoms with Gasteiger partial charge in [0, 0.05) is 32.4 Å². The molecule has 0 N–H and O–H groups in total. The number of carbonyl (C=O) groups is 1. The molecule has 156 valence electrons. The van der Waals surface area contributed by atoms with E-state index in [2.05, 4.69) is 4.98 Å². The van der Waals surface area contributed by atoms with E-state index in [0.29, 0.717) is 37.7 Å². The van der Waals surface area contributed by atoms with Gasteiger partial charge in [0.1, 0.15) is 17.4 Å². The van der Waals surface area contributed by atoms with Gasteiger partial charge in [0.05, 0.1) is 5.56 Å². The Morgan fingerprint density at radius 2 is 1.62 bits per heavy atom. The first kappa shape index (κ1) is 20.9. The summed E-state index contributed by atoms with van der Waals surface area (Å²) >= 11 is 0. The number of nitrogens with zero attached hydrogens (tertiary/aromatic N) is 3. The number of amides is 1. The molecule has 29 heavy (non-hydrogen) atoms. The second-order valence-corrected chi connectivity index (χ2v) is 7.25. The maximum Gasteiger partial charge on any atom is 0.417 e. The summed E-state index contributed by atoms with van der Waals surface area (Å²) in [5.74, 6) is 0.209. The van der Waals surface area contributed by atoms with Crippen LogP contribution in [0.1, 0.15) is 19.4 Å². The average molecular weight is 411 g/mol. The van der Waals surface area contributed by atoms with Crippen molar-refractivity contribution in [1.82, 2.24) is 9.88 Å². The molecule has 2 aromatic rings. The second kappa shape index (κ2) is 7.88. The molecular weight excluding hydrogens is 390 g/mol. The van der Waals surface area contributed by atoms with E-state index in [1.54, 1.807) is 18.7 Å². The topological polar surface area (TPSA) is 45.7 Å². The van der Waals surface area contributed by atoms with Crippen LogP contribution in [0.15, 0.2) is 42.6 Å². The highest BCUT2D eigenvalue weighted by atomic mass is 19.4. The van der Waals surface area contributed by atoms with Gasteiger partial charge in [0.15, 0.2) is 5.60 Å². The standard InChI is InChI=1S/C20H21F4N3O2/c1-19(2,29-16-6-4-15(21)5-7-16)18(28)27-11-9-26(10-12-27)17-8-3-14(13-25-17)20(22,23)24/h3-8,13H,9-12H2,1-2H3. The Balaban J connectivity index is 1.59. The van der Waals surface area contributed by atoms with E-state index in [0.717, 1.165) is 12.3 Å². The van der Waals surface area contributed by atoms with Crippen LogP contribution in [0.3, 0.4) is 0 Å². The number of alkyl halides is 3. The minimum atomic E-state index is -4.42. The average Bonchev–Trinajstić information content (AvgIpc) is 2.68. The Morgan fingerprint density at radius 1 is 1.00 bits per heavy atom. The summed E-state index contributed by atoms with van der Waals surface area (Å²) in [4.78, 5) is 20.2. The van der Waals surface area contributed by atoms with Gasteiger partial charge in [0.2, 0.25) is 0 Å². The number of hydrogen-bond donors (Lipinski definition) is 0. The minimum absolute atomic E-state index is 0.221. The fourth-order valence-electron chi connectivity index (χ4n) is 3.10. The maximum absolute atomic E-state index is 13.0. The monoisotopic (exact) mass is 411 g/mol. The first-order valence-electron chi connectivity index (χ1n) is 9.08. The van der Waals surface area contributed by atoms with Crippen molar-refractivity contribution in [2.24, 2.45) is 0 Å². The Bertz CT molecular complexity index is 844. The predicted molar refractivity (Wildman–Crippen MR) is 99.1 cm³/mol. The van der Waals surface area contributed by atoms with Gasteiger partial charge in [-0.3, -0.25) is 4.79 Å². The van der Waals surface area contributed by atoms with Crippen molar-refractivity contribution < 1.29 is 27.1 Å². The third kappa shape index (κ3) is 4.96. The molecule has 0 aliphatic carbocycles. The van der Waals surface area contributed by atoms with E-state index < -0.39 is 23.2 Å². The van der Waals surface area contributed by atoms with E-state index in [4.69, 9.17) is 4.74 Å². The summed E-state index contributed by atoms with van der Waals surface area (Å²) in [7, 11) is 0. The van der Waals surface area contributed by atoms with Gasteiger partial charge in [-0.2, -0.15) is 13.2 Å². The Hall–Kier alpha value is -2.84. The molecule has 1 aliphatic rings. The van der Waals surface area contributed by atoms with Crippen molar-refractivity contribution in [3.05, 3.63) is 54.0 Å². The maximum atomic E-state index is 13.0. The summed E-state index contributed by atoms with van der Waals surface area (Å²) in [6, 6.07) is 7.76. The molecule has 3 rings (SSSR count). The van der Waals surface area contributed by atoms with E-state index in [9.17, 15) is 22.4 Å². The fourth-order valence-corrected chi connectivity index (χ4v) is 3.10. The van der Waals surface area contributed by atoms with Gasteiger partial charge < -0.3 is 14.5 Å². The van der Waals surface area contributed by atoms with Gasteiger partial charge in [-0.25, -0.2) is 9.37 Å². The molecule has 1 aromatic carbocycles. The molecule has 2 heterocycles. The first-order chi connectivity index (χ1) is 13.6. The fraction of sp³-hybridized carbons (Fsp3) is 0.400. The van der Waals surface area contributed by atoms with Crippen molar-refractivity contribution >= 4 is 11.7 Å². The molecule has 1 aromatic heterocycles. The lowest BCUT2D eigenvalue weighted by Gasteiger charge is -2.39. The quantitative estimate of drug-likeness (QED) is 0.719. The van der Waals surface area contributed by atoms with Crippen LogP contribution in [0.2, 0.25) is 0 Å². The molecule has 0 atom stereocenters. The molecule has 1 saturated heterocycles. The van der Waals surface area contributed by atoms with Crippen LogP contribution in [-0.4, -0.2) is 47.6 Å². The molecule has 1 fully saturated rings. The molecular formula is C20H21F4N3O2. The van der Waals surface area contributed by atoms with Crippen LogP contribution in [0.5, 0.6) is 5.75 Å². The second-order valence-electron chi connectivity index (χ2n) is 7.25. The van der Waals surface area contributed by atoms with Gasteiger partial charge in [-0.05, 0) is 50.2 Å². The van der Waals surface area contributed by atoms with E-state index >= 15 is 0 Å². The molecule has 5 nitrogen and oxygen atoms in total. The molecule has 9 heteroatoms. The Labute approximate surface area is 165 Å². The van der Waals surface area contributed by atoms with Crippen molar-refractivity contribution in [1.29, 1.82) is 0 Å².